The highest BCUT2D eigenvalue weighted by atomic mass is 19.1. The molecule has 1 N–H and O–H groups in total. The third kappa shape index (κ3) is 2.02. The number of aliphatic hydroxyl groups is 1. The second kappa shape index (κ2) is 4.67. The molecule has 1 aliphatic carbocycles. The second-order valence-electron chi connectivity index (χ2n) is 5.53. The Morgan fingerprint density at radius 3 is 2.50 bits per heavy atom. The number of aryl methyl sites for hydroxylation is 2. The summed E-state index contributed by atoms with van der Waals surface area (Å²) in [4.78, 5) is 0. The largest absolute Gasteiger partial charge is 0.385 e. The Morgan fingerprint density at radius 2 is 1.75 bits per heavy atom. The summed E-state index contributed by atoms with van der Waals surface area (Å²) < 4.78 is 28.3. The molecule has 0 aromatic heterocycles. The summed E-state index contributed by atoms with van der Waals surface area (Å²) in [6, 6.07) is 10.4. The zero-order valence-corrected chi connectivity index (χ0v) is 11.3. The molecule has 0 heterocycles. The van der Waals surface area contributed by atoms with Crippen molar-refractivity contribution in [2.24, 2.45) is 0 Å². The van der Waals surface area contributed by atoms with Gasteiger partial charge in [0.1, 0.15) is 11.6 Å². The van der Waals surface area contributed by atoms with Gasteiger partial charge in [-0.1, -0.05) is 30.3 Å². The summed E-state index contributed by atoms with van der Waals surface area (Å²) in [5.41, 5.74) is 0.807. The Morgan fingerprint density at radius 1 is 1.05 bits per heavy atom. The van der Waals surface area contributed by atoms with E-state index in [1.165, 1.54) is 12.1 Å². The highest BCUT2D eigenvalue weighted by molar-refractivity contribution is 5.38. The van der Waals surface area contributed by atoms with Crippen molar-refractivity contribution in [3.8, 4) is 0 Å². The molecule has 3 heteroatoms. The summed E-state index contributed by atoms with van der Waals surface area (Å²) in [7, 11) is 0. The van der Waals surface area contributed by atoms with E-state index in [1.807, 2.05) is 24.3 Å². The molecule has 0 amide bonds. The van der Waals surface area contributed by atoms with Crippen molar-refractivity contribution < 1.29 is 13.9 Å². The van der Waals surface area contributed by atoms with Crippen LogP contribution < -0.4 is 0 Å². The number of fused-ring (bicyclic) bond motifs is 1. The molecule has 1 unspecified atom stereocenters. The molecule has 0 bridgehead atoms. The highest BCUT2D eigenvalue weighted by Crippen LogP contribution is 2.39. The first-order chi connectivity index (χ1) is 9.51. The van der Waals surface area contributed by atoms with Crippen molar-refractivity contribution >= 4 is 0 Å². The van der Waals surface area contributed by atoms with E-state index in [9.17, 15) is 13.9 Å². The van der Waals surface area contributed by atoms with Crippen LogP contribution in [0, 0.1) is 18.6 Å². The fourth-order valence-electron chi connectivity index (χ4n) is 3.02. The predicted octanol–water partition coefficient (Wildman–Crippen LogP) is 3.65. The first-order valence-corrected chi connectivity index (χ1v) is 6.75. The molecular weight excluding hydrogens is 258 g/mol. The molecule has 104 valence electrons. The Balaban J connectivity index is 2.10. The fraction of sp³-hybridized carbons (Fsp3) is 0.294. The van der Waals surface area contributed by atoms with Gasteiger partial charge in [0, 0.05) is 6.42 Å². The maximum absolute atomic E-state index is 14.3. The van der Waals surface area contributed by atoms with Crippen LogP contribution in [0.4, 0.5) is 8.78 Å². The van der Waals surface area contributed by atoms with Crippen molar-refractivity contribution in [2.45, 2.75) is 31.8 Å². The van der Waals surface area contributed by atoms with E-state index in [-0.39, 0.29) is 12.0 Å². The number of hydrogen-bond acceptors (Lipinski definition) is 1. The zero-order valence-electron chi connectivity index (χ0n) is 11.3. The molecule has 0 aliphatic heterocycles. The Labute approximate surface area is 116 Å². The molecule has 3 rings (SSSR count). The van der Waals surface area contributed by atoms with E-state index < -0.39 is 17.2 Å². The number of benzene rings is 2. The average molecular weight is 274 g/mol. The molecule has 0 fully saturated rings. The van der Waals surface area contributed by atoms with Crippen molar-refractivity contribution in [2.75, 3.05) is 0 Å². The lowest BCUT2D eigenvalue weighted by molar-refractivity contribution is 0.0151. The molecule has 2 aromatic rings. The van der Waals surface area contributed by atoms with Crippen LogP contribution >= 0.6 is 0 Å². The summed E-state index contributed by atoms with van der Waals surface area (Å²) >= 11 is 0. The highest BCUT2D eigenvalue weighted by Gasteiger charge is 2.38. The lowest BCUT2D eigenvalue weighted by Crippen LogP contribution is -2.35. The Hall–Kier alpha value is -1.74. The van der Waals surface area contributed by atoms with Gasteiger partial charge >= 0.3 is 0 Å². The summed E-state index contributed by atoms with van der Waals surface area (Å²) in [6.07, 6.45) is 1.21. The van der Waals surface area contributed by atoms with Crippen LogP contribution in [0.3, 0.4) is 0 Å². The van der Waals surface area contributed by atoms with Crippen LogP contribution in [-0.4, -0.2) is 5.11 Å². The minimum Gasteiger partial charge on any atom is -0.385 e. The van der Waals surface area contributed by atoms with E-state index in [1.54, 1.807) is 6.92 Å². The molecule has 1 atom stereocenters. The van der Waals surface area contributed by atoms with E-state index in [0.29, 0.717) is 18.4 Å². The number of hydrogen-bond donors (Lipinski definition) is 1. The molecule has 0 spiro atoms. The minimum atomic E-state index is -1.46. The average Bonchev–Trinajstić information content (AvgIpc) is 2.43. The first-order valence-electron chi connectivity index (χ1n) is 6.75. The SMILES string of the molecule is Cc1ccc(F)c(C2(O)CCc3ccccc3C2)c1F. The fourth-order valence-corrected chi connectivity index (χ4v) is 3.02. The third-order valence-corrected chi connectivity index (χ3v) is 4.16. The number of halogens is 2. The maximum Gasteiger partial charge on any atom is 0.135 e. The van der Waals surface area contributed by atoms with Gasteiger partial charge in [0.15, 0.2) is 0 Å². The molecule has 2 aromatic carbocycles. The minimum absolute atomic E-state index is 0.188. The van der Waals surface area contributed by atoms with Gasteiger partial charge in [-0.05, 0) is 42.5 Å². The Kier molecular flexibility index (Phi) is 3.09. The molecule has 0 radical (unpaired) electrons. The molecular formula is C17H16F2O. The topological polar surface area (TPSA) is 20.2 Å². The van der Waals surface area contributed by atoms with Crippen LogP contribution in [0.5, 0.6) is 0 Å². The van der Waals surface area contributed by atoms with Crippen molar-refractivity contribution in [3.63, 3.8) is 0 Å². The molecule has 0 saturated carbocycles. The van der Waals surface area contributed by atoms with Crippen LogP contribution in [0.2, 0.25) is 0 Å². The summed E-state index contributed by atoms with van der Waals surface area (Å²) in [5, 5.41) is 10.8. The lowest BCUT2D eigenvalue weighted by atomic mass is 9.76. The molecule has 20 heavy (non-hydrogen) atoms. The van der Waals surface area contributed by atoms with Gasteiger partial charge in [0.05, 0.1) is 11.2 Å². The molecule has 1 nitrogen and oxygen atoms in total. The van der Waals surface area contributed by atoms with Gasteiger partial charge in [0.2, 0.25) is 0 Å². The number of rotatable bonds is 1. The van der Waals surface area contributed by atoms with Gasteiger partial charge in [-0.25, -0.2) is 8.78 Å². The molecule has 0 saturated heterocycles. The van der Waals surface area contributed by atoms with Crippen LogP contribution in [0.25, 0.3) is 0 Å². The van der Waals surface area contributed by atoms with E-state index in [2.05, 4.69) is 0 Å². The van der Waals surface area contributed by atoms with Gasteiger partial charge in [-0.15, -0.1) is 0 Å². The van der Waals surface area contributed by atoms with Crippen LogP contribution in [-0.2, 0) is 18.4 Å². The van der Waals surface area contributed by atoms with Crippen molar-refractivity contribution in [1.29, 1.82) is 0 Å². The van der Waals surface area contributed by atoms with E-state index in [4.69, 9.17) is 0 Å². The van der Waals surface area contributed by atoms with Gasteiger partial charge in [-0.3, -0.25) is 0 Å². The normalized spacial score (nSPS) is 21.6. The first kappa shape index (κ1) is 13.3. The van der Waals surface area contributed by atoms with E-state index >= 15 is 0 Å². The van der Waals surface area contributed by atoms with E-state index in [0.717, 1.165) is 11.1 Å². The van der Waals surface area contributed by atoms with Gasteiger partial charge in [-0.2, -0.15) is 0 Å². The third-order valence-electron chi connectivity index (χ3n) is 4.16. The van der Waals surface area contributed by atoms with Crippen molar-refractivity contribution in [1.82, 2.24) is 0 Å². The second-order valence-corrected chi connectivity index (χ2v) is 5.53. The standard InChI is InChI=1S/C17H16F2O/c1-11-6-7-14(18)15(16(11)19)17(20)9-8-12-4-2-3-5-13(12)10-17/h2-7,20H,8-10H2,1H3. The Bertz CT molecular complexity index is 666. The van der Waals surface area contributed by atoms with Gasteiger partial charge < -0.3 is 5.11 Å². The quantitative estimate of drug-likeness (QED) is 0.841. The predicted molar refractivity (Wildman–Crippen MR) is 73.5 cm³/mol. The smallest absolute Gasteiger partial charge is 0.135 e. The lowest BCUT2D eigenvalue weighted by Gasteiger charge is -2.34. The van der Waals surface area contributed by atoms with Crippen molar-refractivity contribution in [3.05, 3.63) is 70.3 Å². The monoisotopic (exact) mass is 274 g/mol. The van der Waals surface area contributed by atoms with Crippen LogP contribution in [0.1, 0.15) is 28.7 Å². The zero-order chi connectivity index (χ0) is 14.3. The maximum atomic E-state index is 14.3. The van der Waals surface area contributed by atoms with Crippen LogP contribution in [0.15, 0.2) is 36.4 Å². The summed E-state index contributed by atoms with van der Waals surface area (Å²) in [5.74, 6) is -1.30. The molecule has 1 aliphatic rings. The van der Waals surface area contributed by atoms with Gasteiger partial charge in [0.25, 0.3) is 0 Å². The summed E-state index contributed by atoms with van der Waals surface area (Å²) in [6.45, 7) is 1.58.